The van der Waals surface area contributed by atoms with Gasteiger partial charge in [0.05, 0.1) is 0 Å². The highest BCUT2D eigenvalue weighted by atomic mass is 19.1. The first-order chi connectivity index (χ1) is 8.72. The molecule has 2 rings (SSSR count). The number of nitrogens with two attached hydrogens (primary N) is 1. The second kappa shape index (κ2) is 4.90. The summed E-state index contributed by atoms with van der Waals surface area (Å²) in [6.45, 7) is 8.73. The molecule has 1 aliphatic carbocycles. The lowest BCUT2D eigenvalue weighted by molar-refractivity contribution is 0.134. The standard InChI is InChI=1S/C17H26FN/c1-12-11-14(5-6-15(12)18)17(19)9-7-13(8-10-17)16(2,3)4/h5-6,11,13H,7-10,19H2,1-4H3. The Labute approximate surface area is 116 Å². The second-order valence-corrected chi connectivity index (χ2v) is 7.26. The molecule has 0 aromatic heterocycles. The molecule has 1 aromatic carbocycles. The Hall–Kier alpha value is -0.890. The van der Waals surface area contributed by atoms with Gasteiger partial charge >= 0.3 is 0 Å². The van der Waals surface area contributed by atoms with E-state index in [1.54, 1.807) is 6.07 Å². The number of hydrogen-bond acceptors (Lipinski definition) is 1. The molecule has 106 valence electrons. The molecule has 2 heteroatoms. The van der Waals surface area contributed by atoms with E-state index in [1.807, 2.05) is 19.1 Å². The molecule has 0 aliphatic heterocycles. The van der Waals surface area contributed by atoms with Crippen LogP contribution in [-0.4, -0.2) is 0 Å². The van der Waals surface area contributed by atoms with E-state index in [0.29, 0.717) is 11.0 Å². The van der Waals surface area contributed by atoms with Crippen molar-refractivity contribution in [3.05, 3.63) is 35.1 Å². The highest BCUT2D eigenvalue weighted by Gasteiger charge is 2.37. The lowest BCUT2D eigenvalue weighted by Gasteiger charge is -2.42. The van der Waals surface area contributed by atoms with E-state index in [9.17, 15) is 4.39 Å². The van der Waals surface area contributed by atoms with Crippen molar-refractivity contribution < 1.29 is 4.39 Å². The van der Waals surface area contributed by atoms with E-state index < -0.39 is 0 Å². The summed E-state index contributed by atoms with van der Waals surface area (Å²) >= 11 is 0. The summed E-state index contributed by atoms with van der Waals surface area (Å²) in [5.74, 6) is 0.599. The lowest BCUT2D eigenvalue weighted by atomic mass is 9.66. The molecular weight excluding hydrogens is 237 g/mol. The molecule has 1 aromatic rings. The number of benzene rings is 1. The van der Waals surface area contributed by atoms with E-state index >= 15 is 0 Å². The maximum absolute atomic E-state index is 13.4. The van der Waals surface area contributed by atoms with Crippen LogP contribution in [0.4, 0.5) is 4.39 Å². The number of hydrogen-bond donors (Lipinski definition) is 1. The van der Waals surface area contributed by atoms with Crippen molar-refractivity contribution in [3.8, 4) is 0 Å². The zero-order valence-corrected chi connectivity index (χ0v) is 12.6. The fourth-order valence-corrected chi connectivity index (χ4v) is 3.24. The minimum Gasteiger partial charge on any atom is -0.321 e. The molecule has 0 atom stereocenters. The van der Waals surface area contributed by atoms with E-state index in [1.165, 1.54) is 0 Å². The molecule has 1 nitrogen and oxygen atoms in total. The topological polar surface area (TPSA) is 26.0 Å². The molecule has 2 N–H and O–H groups in total. The van der Waals surface area contributed by atoms with Crippen LogP contribution in [0.25, 0.3) is 0 Å². The highest BCUT2D eigenvalue weighted by molar-refractivity contribution is 5.30. The Bertz CT molecular complexity index is 451. The van der Waals surface area contributed by atoms with Crippen molar-refractivity contribution in [2.24, 2.45) is 17.1 Å². The predicted octanol–water partition coefficient (Wildman–Crippen LogP) is 4.52. The molecule has 0 heterocycles. The Morgan fingerprint density at radius 1 is 1.21 bits per heavy atom. The summed E-state index contributed by atoms with van der Waals surface area (Å²) in [6.07, 6.45) is 4.33. The summed E-state index contributed by atoms with van der Waals surface area (Å²) < 4.78 is 13.4. The van der Waals surface area contributed by atoms with Crippen molar-refractivity contribution in [2.45, 2.75) is 58.9 Å². The normalized spacial score (nSPS) is 28.4. The average molecular weight is 263 g/mol. The van der Waals surface area contributed by atoms with Crippen LogP contribution < -0.4 is 5.73 Å². The van der Waals surface area contributed by atoms with Crippen LogP contribution in [0.2, 0.25) is 0 Å². The molecule has 0 unspecified atom stereocenters. The van der Waals surface area contributed by atoms with E-state index in [4.69, 9.17) is 5.73 Å². The SMILES string of the molecule is Cc1cc(C2(N)CCC(C(C)(C)C)CC2)ccc1F. The fraction of sp³-hybridized carbons (Fsp3) is 0.647. The van der Waals surface area contributed by atoms with Gasteiger partial charge in [0.15, 0.2) is 0 Å². The van der Waals surface area contributed by atoms with E-state index in [0.717, 1.165) is 37.2 Å². The molecule has 19 heavy (non-hydrogen) atoms. The summed E-state index contributed by atoms with van der Waals surface area (Å²) in [5, 5.41) is 0. The van der Waals surface area contributed by atoms with Gasteiger partial charge in [-0.15, -0.1) is 0 Å². The predicted molar refractivity (Wildman–Crippen MR) is 78.4 cm³/mol. The highest BCUT2D eigenvalue weighted by Crippen LogP contribution is 2.44. The van der Waals surface area contributed by atoms with E-state index in [2.05, 4.69) is 20.8 Å². The van der Waals surface area contributed by atoms with Crippen LogP contribution in [0, 0.1) is 24.1 Å². The Balaban J connectivity index is 2.15. The largest absolute Gasteiger partial charge is 0.321 e. The van der Waals surface area contributed by atoms with Crippen LogP contribution >= 0.6 is 0 Å². The minimum absolute atomic E-state index is 0.143. The third kappa shape index (κ3) is 3.00. The zero-order valence-electron chi connectivity index (χ0n) is 12.6. The maximum atomic E-state index is 13.4. The van der Waals surface area contributed by atoms with Crippen LogP contribution in [0.5, 0.6) is 0 Å². The summed E-state index contributed by atoms with van der Waals surface area (Å²) in [4.78, 5) is 0. The first kappa shape index (κ1) is 14.5. The van der Waals surface area contributed by atoms with Gasteiger partial charge in [-0.05, 0) is 61.1 Å². The van der Waals surface area contributed by atoms with Gasteiger partial charge in [-0.2, -0.15) is 0 Å². The maximum Gasteiger partial charge on any atom is 0.126 e. The van der Waals surface area contributed by atoms with Gasteiger partial charge in [0, 0.05) is 5.54 Å². The molecule has 1 fully saturated rings. The molecule has 1 saturated carbocycles. The number of aryl methyl sites for hydroxylation is 1. The van der Waals surface area contributed by atoms with Gasteiger partial charge in [0.25, 0.3) is 0 Å². The van der Waals surface area contributed by atoms with Crippen LogP contribution in [-0.2, 0) is 5.54 Å². The molecular formula is C17H26FN. The second-order valence-electron chi connectivity index (χ2n) is 7.26. The third-order valence-electron chi connectivity index (χ3n) is 4.84. The lowest BCUT2D eigenvalue weighted by Crippen LogP contribution is -2.42. The van der Waals surface area contributed by atoms with Crippen LogP contribution in [0.1, 0.15) is 57.6 Å². The quantitative estimate of drug-likeness (QED) is 0.791. The van der Waals surface area contributed by atoms with Crippen molar-refractivity contribution in [1.82, 2.24) is 0 Å². The molecule has 0 bridgehead atoms. The zero-order chi connectivity index (χ0) is 14.3. The van der Waals surface area contributed by atoms with Gasteiger partial charge in [0.1, 0.15) is 5.82 Å². The summed E-state index contributed by atoms with van der Waals surface area (Å²) in [6, 6.07) is 5.33. The van der Waals surface area contributed by atoms with Crippen LogP contribution in [0.15, 0.2) is 18.2 Å². The first-order valence-electron chi connectivity index (χ1n) is 7.28. The van der Waals surface area contributed by atoms with Gasteiger partial charge in [-0.25, -0.2) is 4.39 Å². The molecule has 0 saturated heterocycles. The van der Waals surface area contributed by atoms with E-state index in [-0.39, 0.29) is 11.4 Å². The average Bonchev–Trinajstić information content (AvgIpc) is 2.32. The Morgan fingerprint density at radius 2 is 1.79 bits per heavy atom. The fourth-order valence-electron chi connectivity index (χ4n) is 3.24. The molecule has 0 spiro atoms. The minimum atomic E-state index is -0.264. The van der Waals surface area contributed by atoms with Gasteiger partial charge in [0.2, 0.25) is 0 Å². The Morgan fingerprint density at radius 3 is 2.26 bits per heavy atom. The molecule has 0 amide bonds. The van der Waals surface area contributed by atoms with Crippen molar-refractivity contribution >= 4 is 0 Å². The van der Waals surface area contributed by atoms with Crippen molar-refractivity contribution in [1.29, 1.82) is 0 Å². The number of halogens is 1. The third-order valence-corrected chi connectivity index (χ3v) is 4.84. The summed E-state index contributed by atoms with van der Waals surface area (Å²) in [7, 11) is 0. The first-order valence-corrected chi connectivity index (χ1v) is 7.28. The molecule has 0 radical (unpaired) electrons. The van der Waals surface area contributed by atoms with Crippen LogP contribution in [0.3, 0.4) is 0 Å². The summed E-state index contributed by atoms with van der Waals surface area (Å²) in [5.41, 5.74) is 8.47. The van der Waals surface area contributed by atoms with Gasteiger partial charge in [-0.1, -0.05) is 32.9 Å². The van der Waals surface area contributed by atoms with Crippen molar-refractivity contribution in [3.63, 3.8) is 0 Å². The van der Waals surface area contributed by atoms with Crippen molar-refractivity contribution in [2.75, 3.05) is 0 Å². The van der Waals surface area contributed by atoms with Gasteiger partial charge < -0.3 is 5.73 Å². The van der Waals surface area contributed by atoms with Gasteiger partial charge in [-0.3, -0.25) is 0 Å². The number of rotatable bonds is 1. The monoisotopic (exact) mass is 263 g/mol. The smallest absolute Gasteiger partial charge is 0.126 e. The Kier molecular flexibility index (Phi) is 3.74. The molecule has 1 aliphatic rings.